The predicted molar refractivity (Wildman–Crippen MR) is 83.1 cm³/mol. The summed E-state index contributed by atoms with van der Waals surface area (Å²) in [6, 6.07) is 0. The first-order valence-corrected chi connectivity index (χ1v) is 7.48. The van der Waals surface area contributed by atoms with Crippen molar-refractivity contribution in [3.8, 4) is 0 Å². The average molecular weight is 264 g/mol. The lowest BCUT2D eigenvalue weighted by molar-refractivity contribution is 0.720. The van der Waals surface area contributed by atoms with Gasteiger partial charge in [-0.2, -0.15) is 0 Å². The van der Waals surface area contributed by atoms with E-state index in [1.54, 1.807) is 0 Å². The number of anilines is 2. The first-order chi connectivity index (χ1) is 9.17. The minimum absolute atomic E-state index is 0.939. The van der Waals surface area contributed by atoms with Crippen LogP contribution in [0.3, 0.4) is 0 Å². The van der Waals surface area contributed by atoms with Crippen LogP contribution in [0.1, 0.15) is 51.4 Å². The molecule has 0 aliphatic rings. The molecule has 0 spiro atoms. The minimum Gasteiger partial charge on any atom is -0.373 e. The number of aryl methyl sites for hydroxylation is 1. The lowest BCUT2D eigenvalue weighted by Gasteiger charge is -2.25. The Morgan fingerprint density at radius 1 is 1.00 bits per heavy atom. The van der Waals surface area contributed by atoms with Gasteiger partial charge < -0.3 is 10.2 Å². The van der Waals surface area contributed by atoms with E-state index in [-0.39, 0.29) is 0 Å². The van der Waals surface area contributed by atoms with Crippen LogP contribution in [-0.4, -0.2) is 30.1 Å². The van der Waals surface area contributed by atoms with E-state index in [0.29, 0.717) is 0 Å². The highest BCUT2D eigenvalue weighted by Gasteiger charge is 2.15. The lowest BCUT2D eigenvalue weighted by Crippen LogP contribution is -2.27. The zero-order valence-electron chi connectivity index (χ0n) is 13.1. The van der Waals surface area contributed by atoms with Gasteiger partial charge in [-0.1, -0.05) is 20.8 Å². The Morgan fingerprint density at radius 2 is 1.63 bits per heavy atom. The van der Waals surface area contributed by atoms with Gasteiger partial charge in [0.2, 0.25) is 0 Å². The van der Waals surface area contributed by atoms with Crippen molar-refractivity contribution in [3.63, 3.8) is 0 Å². The first-order valence-electron chi connectivity index (χ1n) is 7.48. The molecule has 0 saturated heterocycles. The topological polar surface area (TPSA) is 41.1 Å². The Morgan fingerprint density at radius 3 is 2.11 bits per heavy atom. The number of rotatable bonds is 8. The molecule has 1 aromatic heterocycles. The van der Waals surface area contributed by atoms with Crippen molar-refractivity contribution in [1.29, 1.82) is 0 Å². The molecule has 1 heterocycles. The molecule has 0 radical (unpaired) electrons. The zero-order valence-corrected chi connectivity index (χ0v) is 13.1. The maximum atomic E-state index is 4.78. The second-order valence-electron chi connectivity index (χ2n) is 4.92. The molecule has 0 aliphatic carbocycles. The molecular formula is C15H28N4. The fourth-order valence-electron chi connectivity index (χ4n) is 2.30. The maximum Gasteiger partial charge on any atom is 0.137 e. The van der Waals surface area contributed by atoms with Gasteiger partial charge in [0.15, 0.2) is 0 Å². The molecule has 1 aromatic rings. The average Bonchev–Trinajstić information content (AvgIpc) is 2.40. The van der Waals surface area contributed by atoms with Gasteiger partial charge >= 0.3 is 0 Å². The van der Waals surface area contributed by atoms with Crippen molar-refractivity contribution in [2.24, 2.45) is 0 Å². The van der Waals surface area contributed by atoms with Crippen LogP contribution in [0.25, 0.3) is 0 Å². The SMILES string of the molecule is CCCc1nc(NC)c(C)c(N(CCC)CCC)n1. The Kier molecular flexibility index (Phi) is 6.60. The van der Waals surface area contributed by atoms with E-state index in [4.69, 9.17) is 4.98 Å². The van der Waals surface area contributed by atoms with E-state index in [1.165, 1.54) is 0 Å². The van der Waals surface area contributed by atoms with Crippen LogP contribution in [0.5, 0.6) is 0 Å². The number of hydrogen-bond donors (Lipinski definition) is 1. The molecule has 0 bridgehead atoms. The Balaban J connectivity index is 3.17. The smallest absolute Gasteiger partial charge is 0.137 e. The molecular weight excluding hydrogens is 236 g/mol. The van der Waals surface area contributed by atoms with Crippen molar-refractivity contribution in [2.45, 2.75) is 53.4 Å². The molecule has 108 valence electrons. The van der Waals surface area contributed by atoms with Gasteiger partial charge in [-0.15, -0.1) is 0 Å². The molecule has 4 nitrogen and oxygen atoms in total. The summed E-state index contributed by atoms with van der Waals surface area (Å²) in [5.74, 6) is 3.02. The van der Waals surface area contributed by atoms with Crippen molar-refractivity contribution < 1.29 is 0 Å². The highest BCUT2D eigenvalue weighted by atomic mass is 15.2. The quantitative estimate of drug-likeness (QED) is 0.781. The van der Waals surface area contributed by atoms with E-state index in [9.17, 15) is 0 Å². The zero-order chi connectivity index (χ0) is 14.3. The first kappa shape index (κ1) is 15.7. The summed E-state index contributed by atoms with van der Waals surface area (Å²) in [6.07, 6.45) is 4.30. The van der Waals surface area contributed by atoms with Gasteiger partial charge in [0.25, 0.3) is 0 Å². The second kappa shape index (κ2) is 7.97. The van der Waals surface area contributed by atoms with Crippen LogP contribution in [0, 0.1) is 6.92 Å². The molecule has 1 N–H and O–H groups in total. The van der Waals surface area contributed by atoms with Crippen molar-refractivity contribution in [3.05, 3.63) is 11.4 Å². The molecule has 0 amide bonds. The molecule has 19 heavy (non-hydrogen) atoms. The van der Waals surface area contributed by atoms with Gasteiger partial charge in [0, 0.05) is 32.1 Å². The monoisotopic (exact) mass is 264 g/mol. The third-order valence-corrected chi connectivity index (χ3v) is 3.16. The number of nitrogens with one attached hydrogen (secondary N) is 1. The Bertz CT molecular complexity index is 384. The molecule has 4 heteroatoms. The maximum absolute atomic E-state index is 4.78. The fraction of sp³-hybridized carbons (Fsp3) is 0.733. The highest BCUT2D eigenvalue weighted by Crippen LogP contribution is 2.24. The van der Waals surface area contributed by atoms with E-state index in [1.807, 2.05) is 7.05 Å². The van der Waals surface area contributed by atoms with Crippen molar-refractivity contribution >= 4 is 11.6 Å². The third-order valence-electron chi connectivity index (χ3n) is 3.16. The highest BCUT2D eigenvalue weighted by molar-refractivity contribution is 5.58. The van der Waals surface area contributed by atoms with Crippen LogP contribution in [0.4, 0.5) is 11.6 Å². The Hall–Kier alpha value is -1.32. The summed E-state index contributed by atoms with van der Waals surface area (Å²) in [5, 5.41) is 3.20. The lowest BCUT2D eigenvalue weighted by atomic mass is 10.2. The van der Waals surface area contributed by atoms with Gasteiger partial charge in [0.1, 0.15) is 17.5 Å². The second-order valence-corrected chi connectivity index (χ2v) is 4.92. The van der Waals surface area contributed by atoms with Gasteiger partial charge in [0.05, 0.1) is 0 Å². The van der Waals surface area contributed by atoms with Gasteiger partial charge in [-0.25, -0.2) is 9.97 Å². The van der Waals surface area contributed by atoms with Gasteiger partial charge in [-0.05, 0) is 26.2 Å². The van der Waals surface area contributed by atoms with Gasteiger partial charge in [-0.3, -0.25) is 0 Å². The van der Waals surface area contributed by atoms with Crippen LogP contribution < -0.4 is 10.2 Å². The van der Waals surface area contributed by atoms with Crippen LogP contribution in [-0.2, 0) is 6.42 Å². The molecule has 0 unspecified atom stereocenters. The van der Waals surface area contributed by atoms with Crippen LogP contribution >= 0.6 is 0 Å². The summed E-state index contributed by atoms with van der Waals surface area (Å²) < 4.78 is 0. The Labute approximate surface area is 117 Å². The molecule has 1 rings (SSSR count). The van der Waals surface area contributed by atoms with E-state index in [0.717, 1.165) is 61.8 Å². The van der Waals surface area contributed by atoms with E-state index >= 15 is 0 Å². The molecule has 0 aliphatic heterocycles. The van der Waals surface area contributed by atoms with Crippen LogP contribution in [0.2, 0.25) is 0 Å². The third kappa shape index (κ3) is 4.08. The molecule has 0 atom stereocenters. The normalized spacial score (nSPS) is 10.6. The largest absolute Gasteiger partial charge is 0.373 e. The predicted octanol–water partition coefficient (Wildman–Crippen LogP) is 3.41. The minimum atomic E-state index is 0.939. The summed E-state index contributed by atoms with van der Waals surface area (Å²) in [4.78, 5) is 11.8. The summed E-state index contributed by atoms with van der Waals surface area (Å²) in [5.41, 5.74) is 1.16. The van der Waals surface area contributed by atoms with Crippen molar-refractivity contribution in [2.75, 3.05) is 30.4 Å². The summed E-state index contributed by atoms with van der Waals surface area (Å²) in [7, 11) is 1.93. The molecule has 0 aromatic carbocycles. The molecule has 0 fully saturated rings. The van der Waals surface area contributed by atoms with Crippen molar-refractivity contribution in [1.82, 2.24) is 9.97 Å². The van der Waals surface area contributed by atoms with E-state index in [2.05, 4.69) is 42.9 Å². The molecule has 0 saturated carbocycles. The summed E-state index contributed by atoms with van der Waals surface area (Å²) >= 11 is 0. The number of hydrogen-bond acceptors (Lipinski definition) is 4. The standard InChI is InChI=1S/C15H28N4/c1-6-9-13-17-14(16-5)12(4)15(18-13)19(10-7-2)11-8-3/h6-11H2,1-5H3,(H,16,17,18). The fourth-order valence-corrected chi connectivity index (χ4v) is 2.30. The van der Waals surface area contributed by atoms with Crippen LogP contribution in [0.15, 0.2) is 0 Å². The number of aromatic nitrogens is 2. The number of nitrogens with zero attached hydrogens (tertiary/aromatic N) is 3. The summed E-state index contributed by atoms with van der Waals surface area (Å²) in [6.45, 7) is 10.8. The van der Waals surface area contributed by atoms with E-state index < -0.39 is 0 Å².